The first-order valence-electron chi connectivity index (χ1n) is 14.5. The van der Waals surface area contributed by atoms with E-state index < -0.39 is 5.60 Å². The van der Waals surface area contributed by atoms with Crippen LogP contribution < -0.4 is 15.0 Å². The number of rotatable bonds is 9. The van der Waals surface area contributed by atoms with Crippen molar-refractivity contribution < 1.29 is 14.3 Å². The van der Waals surface area contributed by atoms with Crippen molar-refractivity contribution in [2.45, 2.75) is 52.1 Å². The highest BCUT2D eigenvalue weighted by atomic mass is 35.5. The summed E-state index contributed by atoms with van der Waals surface area (Å²) in [6.45, 7) is 8.60. The van der Waals surface area contributed by atoms with Crippen LogP contribution in [0.3, 0.4) is 0 Å². The van der Waals surface area contributed by atoms with Crippen molar-refractivity contribution >= 4 is 34.6 Å². The third-order valence-electron chi connectivity index (χ3n) is 8.16. The summed E-state index contributed by atoms with van der Waals surface area (Å²) in [6.07, 6.45) is 4.62. The average molecular weight is 567 g/mol. The maximum Gasteiger partial charge on any atom is 0.340 e. The summed E-state index contributed by atoms with van der Waals surface area (Å²) < 4.78 is 12.6. The van der Waals surface area contributed by atoms with Gasteiger partial charge in [0.05, 0.1) is 16.3 Å². The Balaban J connectivity index is 1.36. The third-order valence-corrected chi connectivity index (χ3v) is 8.65. The molecule has 6 heteroatoms. The molecule has 0 fully saturated rings. The molecule has 1 spiro atoms. The summed E-state index contributed by atoms with van der Waals surface area (Å²) in [5.74, 6) is 0.965. The first kappa shape index (κ1) is 27.2. The molecule has 0 amide bonds. The van der Waals surface area contributed by atoms with Crippen LogP contribution in [-0.2, 0) is 10.3 Å². The van der Waals surface area contributed by atoms with Crippen molar-refractivity contribution in [3.05, 3.63) is 112 Å². The zero-order valence-electron chi connectivity index (χ0n) is 23.8. The topological polar surface area (TPSA) is 50.8 Å². The summed E-state index contributed by atoms with van der Waals surface area (Å²) in [7, 11) is 0. The van der Waals surface area contributed by atoms with Crippen molar-refractivity contribution in [3.8, 4) is 11.5 Å². The van der Waals surface area contributed by atoms with Crippen molar-refractivity contribution in [1.29, 1.82) is 0 Å². The Morgan fingerprint density at radius 1 is 0.829 bits per heavy atom. The van der Waals surface area contributed by atoms with E-state index in [9.17, 15) is 4.79 Å². The van der Waals surface area contributed by atoms with E-state index in [1.54, 1.807) is 0 Å². The molecular formula is C35H35ClN2O3. The maximum absolute atomic E-state index is 13.0. The number of halogens is 1. The van der Waals surface area contributed by atoms with Crippen molar-refractivity contribution in [3.63, 3.8) is 0 Å². The van der Waals surface area contributed by atoms with Gasteiger partial charge >= 0.3 is 5.97 Å². The highest BCUT2D eigenvalue weighted by Crippen LogP contribution is 2.56. The standard InChI is InChI=1S/C35H35ClN2O3/c1-4-6-20-38(21-7-5-2)30-19-18-29(33(36)23(30)3)37-24-16-17-28-32(22-24)40-31-15-11-10-14-27(31)35(28)26-13-9-8-12-25(26)34(39)41-35/h8-19,22,37H,4-7,20-21H2,1-3H3. The minimum absolute atomic E-state index is 0.334. The maximum atomic E-state index is 13.0. The molecule has 5 nitrogen and oxygen atoms in total. The van der Waals surface area contributed by atoms with E-state index in [0.717, 1.165) is 72.4 Å². The molecule has 1 unspecified atom stereocenters. The Bertz CT molecular complexity index is 1610. The van der Waals surface area contributed by atoms with Crippen LogP contribution in [0.25, 0.3) is 0 Å². The Morgan fingerprint density at radius 2 is 1.51 bits per heavy atom. The summed E-state index contributed by atoms with van der Waals surface area (Å²) in [6, 6.07) is 25.5. The lowest BCUT2D eigenvalue weighted by atomic mass is 9.77. The van der Waals surface area contributed by atoms with Crippen LogP contribution in [0, 0.1) is 6.92 Å². The molecule has 2 aliphatic heterocycles. The van der Waals surface area contributed by atoms with Crippen LogP contribution in [0.15, 0.2) is 78.9 Å². The van der Waals surface area contributed by atoms with Gasteiger partial charge in [-0.05, 0) is 61.7 Å². The van der Waals surface area contributed by atoms with Gasteiger partial charge in [0.1, 0.15) is 11.5 Å². The van der Waals surface area contributed by atoms with Crippen LogP contribution in [0.4, 0.5) is 17.1 Å². The molecule has 0 saturated carbocycles. The number of ether oxygens (including phenoxy) is 2. The van der Waals surface area contributed by atoms with Gasteiger partial charge in [-0.25, -0.2) is 4.79 Å². The number of hydrogen-bond acceptors (Lipinski definition) is 5. The molecule has 2 heterocycles. The number of carbonyl (C=O) groups is 1. The number of anilines is 3. The fraction of sp³-hybridized carbons (Fsp3) is 0.286. The van der Waals surface area contributed by atoms with Gasteiger partial charge < -0.3 is 19.7 Å². The van der Waals surface area contributed by atoms with E-state index in [2.05, 4.69) is 43.1 Å². The SMILES string of the molecule is CCCCN(CCCC)c1ccc(Nc2ccc3c(c2)Oc2ccccc2C32OC(=O)c3ccccc32)c(Cl)c1C. The second-order valence-corrected chi connectivity index (χ2v) is 11.2. The van der Waals surface area contributed by atoms with Gasteiger partial charge in [-0.2, -0.15) is 0 Å². The average Bonchev–Trinajstić information content (AvgIpc) is 3.28. The molecule has 41 heavy (non-hydrogen) atoms. The largest absolute Gasteiger partial charge is 0.456 e. The predicted octanol–water partition coefficient (Wildman–Crippen LogP) is 9.37. The number of carbonyl (C=O) groups excluding carboxylic acids is 1. The monoisotopic (exact) mass is 566 g/mol. The van der Waals surface area contributed by atoms with Gasteiger partial charge in [0, 0.05) is 47.2 Å². The van der Waals surface area contributed by atoms with Crippen LogP contribution in [0.5, 0.6) is 11.5 Å². The summed E-state index contributed by atoms with van der Waals surface area (Å²) >= 11 is 6.96. The number of hydrogen-bond donors (Lipinski definition) is 1. The fourth-order valence-electron chi connectivity index (χ4n) is 6.02. The molecule has 0 bridgehead atoms. The molecule has 4 aromatic carbocycles. The Morgan fingerprint density at radius 3 is 2.27 bits per heavy atom. The molecule has 0 aliphatic carbocycles. The smallest absolute Gasteiger partial charge is 0.340 e. The van der Waals surface area contributed by atoms with Gasteiger partial charge in [0.2, 0.25) is 0 Å². The summed E-state index contributed by atoms with van der Waals surface area (Å²) in [5.41, 5.74) is 5.88. The van der Waals surface area contributed by atoms with Crippen LogP contribution in [0.1, 0.15) is 72.1 Å². The highest BCUT2D eigenvalue weighted by Gasteiger charge is 2.53. The molecule has 2 aliphatic rings. The predicted molar refractivity (Wildman–Crippen MR) is 166 cm³/mol. The van der Waals surface area contributed by atoms with Gasteiger partial charge in [-0.3, -0.25) is 0 Å². The Labute approximate surface area is 247 Å². The molecule has 4 aromatic rings. The lowest BCUT2D eigenvalue weighted by Crippen LogP contribution is -2.32. The van der Waals surface area contributed by atoms with E-state index in [-0.39, 0.29) is 5.97 Å². The summed E-state index contributed by atoms with van der Waals surface area (Å²) in [4.78, 5) is 15.5. The quantitative estimate of drug-likeness (QED) is 0.204. The lowest BCUT2D eigenvalue weighted by molar-refractivity contribution is 0.0224. The normalized spacial score (nSPS) is 16.4. The number of para-hydroxylation sites is 1. The molecule has 0 radical (unpaired) electrons. The Kier molecular flexibility index (Phi) is 7.39. The van der Waals surface area contributed by atoms with Crippen LogP contribution >= 0.6 is 11.6 Å². The minimum Gasteiger partial charge on any atom is -0.456 e. The second-order valence-electron chi connectivity index (χ2n) is 10.8. The third kappa shape index (κ3) is 4.62. The van der Waals surface area contributed by atoms with Gasteiger partial charge in [-0.1, -0.05) is 74.7 Å². The number of fused-ring (bicyclic) bond motifs is 6. The second kappa shape index (κ2) is 11.1. The number of benzene rings is 4. The molecular weight excluding hydrogens is 532 g/mol. The van der Waals surface area contributed by atoms with Gasteiger partial charge in [-0.15, -0.1) is 0 Å². The summed E-state index contributed by atoms with van der Waals surface area (Å²) in [5, 5.41) is 4.22. The zero-order chi connectivity index (χ0) is 28.6. The molecule has 6 rings (SSSR count). The molecule has 1 atom stereocenters. The zero-order valence-corrected chi connectivity index (χ0v) is 24.6. The van der Waals surface area contributed by atoms with Crippen molar-refractivity contribution in [1.82, 2.24) is 0 Å². The molecule has 210 valence electrons. The van der Waals surface area contributed by atoms with Gasteiger partial charge in [0.25, 0.3) is 0 Å². The number of nitrogens with zero attached hydrogens (tertiary/aromatic N) is 1. The number of esters is 1. The molecule has 0 aromatic heterocycles. The van der Waals surface area contributed by atoms with Gasteiger partial charge in [0.15, 0.2) is 5.60 Å². The highest BCUT2D eigenvalue weighted by molar-refractivity contribution is 6.34. The Hall–Kier alpha value is -3.96. The van der Waals surface area contributed by atoms with Crippen molar-refractivity contribution in [2.75, 3.05) is 23.3 Å². The fourth-order valence-corrected chi connectivity index (χ4v) is 6.23. The van der Waals surface area contributed by atoms with Crippen LogP contribution in [-0.4, -0.2) is 19.1 Å². The number of unbranched alkanes of at least 4 members (excludes halogenated alkanes) is 2. The van der Waals surface area contributed by atoms with E-state index in [1.807, 2.05) is 66.7 Å². The van der Waals surface area contributed by atoms with Crippen molar-refractivity contribution in [2.24, 2.45) is 0 Å². The lowest BCUT2D eigenvalue weighted by Gasteiger charge is -2.36. The van der Waals surface area contributed by atoms with E-state index in [4.69, 9.17) is 21.1 Å². The minimum atomic E-state index is -1.06. The first-order valence-corrected chi connectivity index (χ1v) is 14.9. The number of nitrogens with one attached hydrogen (secondary N) is 1. The molecule has 0 saturated heterocycles. The van der Waals surface area contributed by atoms with E-state index >= 15 is 0 Å². The van der Waals surface area contributed by atoms with E-state index in [1.165, 1.54) is 5.69 Å². The molecule has 1 N–H and O–H groups in total. The van der Waals surface area contributed by atoms with Crippen LogP contribution in [0.2, 0.25) is 5.02 Å². The first-order chi connectivity index (χ1) is 20.0. The van der Waals surface area contributed by atoms with E-state index in [0.29, 0.717) is 22.1 Å².